The van der Waals surface area contributed by atoms with E-state index in [1.54, 1.807) is 11.8 Å². The molecule has 0 bridgehead atoms. The van der Waals surface area contributed by atoms with Crippen LogP contribution in [-0.2, 0) is 9.59 Å². The lowest BCUT2D eigenvalue weighted by atomic mass is 10.2. The van der Waals surface area contributed by atoms with Gasteiger partial charge in [-0.25, -0.2) is 0 Å². The maximum Gasteiger partial charge on any atom is 0.252 e. The van der Waals surface area contributed by atoms with Crippen LogP contribution >= 0.6 is 11.8 Å². The predicted molar refractivity (Wildman–Crippen MR) is 72.6 cm³/mol. The van der Waals surface area contributed by atoms with Crippen molar-refractivity contribution in [2.75, 3.05) is 18.1 Å². The number of nitrogens with zero attached hydrogens (tertiary/aromatic N) is 1. The third kappa shape index (κ3) is 2.36. The summed E-state index contributed by atoms with van der Waals surface area (Å²) in [6.45, 7) is 2.26. The minimum Gasteiger partial charge on any atom is -0.372 e. The highest BCUT2D eigenvalue weighted by atomic mass is 32.2. The lowest BCUT2D eigenvalue weighted by Gasteiger charge is -2.15. The number of carbonyl (C=O) groups excluding carboxylic acids is 2. The highest BCUT2D eigenvalue weighted by Crippen LogP contribution is 2.27. The summed E-state index contributed by atoms with van der Waals surface area (Å²) in [5, 5.41) is 3.17. The summed E-state index contributed by atoms with van der Waals surface area (Å²) in [7, 11) is 0. The fourth-order valence-electron chi connectivity index (χ4n) is 2.08. The van der Waals surface area contributed by atoms with Crippen LogP contribution in [0.3, 0.4) is 0 Å². The average molecular weight is 264 g/mol. The van der Waals surface area contributed by atoms with Gasteiger partial charge in [-0.05, 0) is 25.3 Å². The summed E-state index contributed by atoms with van der Waals surface area (Å²) in [6.07, 6.45) is 2.23. The fraction of sp³-hybridized carbons (Fsp3) is 0.385. The van der Waals surface area contributed by atoms with E-state index in [9.17, 15) is 9.59 Å². The Labute approximate surface area is 111 Å². The number of hydrogen-bond acceptors (Lipinski definition) is 4. The van der Waals surface area contributed by atoms with Crippen molar-refractivity contribution < 1.29 is 9.59 Å². The SMILES string of the molecule is CCN1C(=O)CC(Nc2ccccc2SC)C1=O. The van der Waals surface area contributed by atoms with E-state index in [4.69, 9.17) is 0 Å². The van der Waals surface area contributed by atoms with Gasteiger partial charge < -0.3 is 5.32 Å². The molecule has 1 N–H and O–H groups in total. The summed E-state index contributed by atoms with van der Waals surface area (Å²) in [6, 6.07) is 7.37. The molecular formula is C13H16N2O2S. The van der Waals surface area contributed by atoms with Crippen molar-refractivity contribution in [3.63, 3.8) is 0 Å². The van der Waals surface area contributed by atoms with Crippen LogP contribution in [0.25, 0.3) is 0 Å². The van der Waals surface area contributed by atoms with Gasteiger partial charge in [-0.2, -0.15) is 0 Å². The number of nitrogens with one attached hydrogen (secondary N) is 1. The number of likely N-dealkylation sites (N-methyl/N-ethyl adjacent to an activating group) is 1. The molecule has 2 rings (SSSR count). The number of amides is 2. The second kappa shape index (κ2) is 5.44. The van der Waals surface area contributed by atoms with Crippen LogP contribution in [0, 0.1) is 0 Å². The molecule has 1 fully saturated rings. The van der Waals surface area contributed by atoms with E-state index < -0.39 is 6.04 Å². The van der Waals surface area contributed by atoms with Gasteiger partial charge in [0.1, 0.15) is 6.04 Å². The molecule has 1 aromatic rings. The summed E-state index contributed by atoms with van der Waals surface area (Å²) in [5.74, 6) is -0.222. The van der Waals surface area contributed by atoms with Crippen LogP contribution in [-0.4, -0.2) is 35.6 Å². The van der Waals surface area contributed by atoms with Crippen molar-refractivity contribution in [3.05, 3.63) is 24.3 Å². The summed E-state index contributed by atoms with van der Waals surface area (Å²) < 4.78 is 0. The molecule has 0 saturated carbocycles. The van der Waals surface area contributed by atoms with Crippen molar-refractivity contribution in [2.24, 2.45) is 0 Å². The monoisotopic (exact) mass is 264 g/mol. The van der Waals surface area contributed by atoms with E-state index >= 15 is 0 Å². The Morgan fingerprint density at radius 3 is 2.72 bits per heavy atom. The first-order chi connectivity index (χ1) is 8.67. The van der Waals surface area contributed by atoms with Gasteiger partial charge in [0.25, 0.3) is 5.91 Å². The zero-order valence-electron chi connectivity index (χ0n) is 10.5. The van der Waals surface area contributed by atoms with Crippen molar-refractivity contribution in [2.45, 2.75) is 24.3 Å². The molecule has 1 saturated heterocycles. The van der Waals surface area contributed by atoms with Gasteiger partial charge in [-0.15, -0.1) is 11.8 Å². The molecule has 0 radical (unpaired) electrons. The summed E-state index contributed by atoms with van der Waals surface area (Å²) >= 11 is 1.62. The molecule has 0 aromatic heterocycles. The molecule has 1 aromatic carbocycles. The van der Waals surface area contributed by atoms with Gasteiger partial charge in [0.2, 0.25) is 5.91 Å². The molecule has 1 heterocycles. The number of carbonyl (C=O) groups is 2. The highest BCUT2D eigenvalue weighted by Gasteiger charge is 2.37. The van der Waals surface area contributed by atoms with Crippen LogP contribution < -0.4 is 5.32 Å². The van der Waals surface area contributed by atoms with Crippen molar-refractivity contribution in [3.8, 4) is 0 Å². The molecule has 1 aliphatic heterocycles. The van der Waals surface area contributed by atoms with Gasteiger partial charge in [0.05, 0.1) is 6.42 Å². The summed E-state index contributed by atoms with van der Waals surface area (Å²) in [5.41, 5.74) is 0.911. The van der Waals surface area contributed by atoms with Crippen LogP contribution in [0.1, 0.15) is 13.3 Å². The predicted octanol–water partition coefficient (Wildman–Crippen LogP) is 1.97. The molecule has 0 spiro atoms. The van der Waals surface area contributed by atoms with E-state index in [0.717, 1.165) is 10.6 Å². The normalized spacial score (nSPS) is 19.4. The Kier molecular flexibility index (Phi) is 3.91. The van der Waals surface area contributed by atoms with Crippen LogP contribution in [0.5, 0.6) is 0 Å². The quantitative estimate of drug-likeness (QED) is 0.667. The number of likely N-dealkylation sites (tertiary alicyclic amines) is 1. The van der Waals surface area contributed by atoms with E-state index in [1.165, 1.54) is 4.90 Å². The average Bonchev–Trinajstić information content (AvgIpc) is 2.65. The zero-order chi connectivity index (χ0) is 13.1. The van der Waals surface area contributed by atoms with E-state index in [1.807, 2.05) is 37.4 Å². The lowest BCUT2D eigenvalue weighted by Crippen LogP contribution is -2.34. The number of para-hydroxylation sites is 1. The molecule has 4 nitrogen and oxygen atoms in total. The molecule has 5 heteroatoms. The van der Waals surface area contributed by atoms with Gasteiger partial charge in [0.15, 0.2) is 0 Å². The number of anilines is 1. The van der Waals surface area contributed by atoms with Gasteiger partial charge in [0, 0.05) is 17.1 Å². The third-order valence-electron chi connectivity index (χ3n) is 3.00. The number of imide groups is 1. The number of thioether (sulfide) groups is 1. The Balaban J connectivity index is 2.15. The first kappa shape index (κ1) is 13.0. The maximum absolute atomic E-state index is 12.0. The van der Waals surface area contributed by atoms with Crippen LogP contribution in [0.2, 0.25) is 0 Å². The number of hydrogen-bond donors (Lipinski definition) is 1. The maximum atomic E-state index is 12.0. The molecule has 1 unspecified atom stereocenters. The number of benzene rings is 1. The van der Waals surface area contributed by atoms with Crippen molar-refractivity contribution in [1.82, 2.24) is 4.90 Å². The molecule has 1 aliphatic rings. The Hall–Kier alpha value is -1.49. The fourth-order valence-corrected chi connectivity index (χ4v) is 2.64. The first-order valence-electron chi connectivity index (χ1n) is 5.91. The molecule has 1 atom stereocenters. The van der Waals surface area contributed by atoms with E-state index in [0.29, 0.717) is 6.54 Å². The molecular weight excluding hydrogens is 248 g/mol. The topological polar surface area (TPSA) is 49.4 Å². The third-order valence-corrected chi connectivity index (χ3v) is 3.79. The first-order valence-corrected chi connectivity index (χ1v) is 7.13. The van der Waals surface area contributed by atoms with E-state index in [2.05, 4.69) is 5.32 Å². The van der Waals surface area contributed by atoms with Crippen molar-refractivity contribution in [1.29, 1.82) is 0 Å². The van der Waals surface area contributed by atoms with Crippen LogP contribution in [0.15, 0.2) is 29.2 Å². The molecule has 2 amide bonds. The second-order valence-electron chi connectivity index (χ2n) is 4.08. The number of rotatable bonds is 4. The lowest BCUT2D eigenvalue weighted by molar-refractivity contribution is -0.138. The Morgan fingerprint density at radius 2 is 2.11 bits per heavy atom. The molecule has 0 aliphatic carbocycles. The molecule has 18 heavy (non-hydrogen) atoms. The molecule has 96 valence electrons. The van der Waals surface area contributed by atoms with Gasteiger partial charge in [-0.3, -0.25) is 14.5 Å². The smallest absolute Gasteiger partial charge is 0.252 e. The Bertz CT molecular complexity index is 476. The van der Waals surface area contributed by atoms with Gasteiger partial charge in [-0.1, -0.05) is 12.1 Å². The van der Waals surface area contributed by atoms with Crippen LogP contribution in [0.4, 0.5) is 5.69 Å². The largest absolute Gasteiger partial charge is 0.372 e. The highest BCUT2D eigenvalue weighted by molar-refractivity contribution is 7.98. The Morgan fingerprint density at radius 1 is 1.39 bits per heavy atom. The standard InChI is InChI=1S/C13H16N2O2S/c1-3-15-12(16)8-10(13(15)17)14-9-6-4-5-7-11(9)18-2/h4-7,10,14H,3,8H2,1-2H3. The van der Waals surface area contributed by atoms with E-state index in [-0.39, 0.29) is 18.2 Å². The zero-order valence-corrected chi connectivity index (χ0v) is 11.3. The second-order valence-corrected chi connectivity index (χ2v) is 4.93. The minimum atomic E-state index is -0.425. The van der Waals surface area contributed by atoms with Gasteiger partial charge >= 0.3 is 0 Å². The minimum absolute atomic E-state index is 0.0957. The van der Waals surface area contributed by atoms with Crippen molar-refractivity contribution >= 4 is 29.3 Å². The summed E-state index contributed by atoms with van der Waals surface area (Å²) in [4.78, 5) is 26.0.